The van der Waals surface area contributed by atoms with Crippen molar-refractivity contribution in [2.75, 3.05) is 0 Å². The smallest absolute Gasteiger partial charge is 0.146 e. The van der Waals surface area contributed by atoms with E-state index >= 15 is 0 Å². The monoisotopic (exact) mass is 472 g/mol. The van der Waals surface area contributed by atoms with Gasteiger partial charge in [0.2, 0.25) is 0 Å². The number of hydrogen-bond donors (Lipinski definition) is 0. The van der Waals surface area contributed by atoms with E-state index in [2.05, 4.69) is 27.0 Å². The first kappa shape index (κ1) is 20.2. The number of halogens is 1. The highest BCUT2D eigenvalue weighted by Gasteiger charge is 2.20. The zero-order valence-corrected chi connectivity index (χ0v) is 18.4. The molecular weight excluding hydrogens is 456 g/mol. The Bertz CT molecular complexity index is 1230. The van der Waals surface area contributed by atoms with Gasteiger partial charge >= 0.3 is 0 Å². The van der Waals surface area contributed by atoms with Gasteiger partial charge in [-0.1, -0.05) is 88.7 Å². The quantitative estimate of drug-likeness (QED) is 0.339. The van der Waals surface area contributed by atoms with Crippen LogP contribution in [0.4, 0.5) is 0 Å². The van der Waals surface area contributed by atoms with E-state index in [1.807, 2.05) is 91.0 Å². The molecule has 1 atom stereocenters. The maximum Gasteiger partial charge on any atom is 0.146 e. The molecule has 0 fully saturated rings. The topological polar surface area (TPSA) is 53.8 Å². The van der Waals surface area contributed by atoms with Gasteiger partial charge in [0.1, 0.15) is 11.1 Å². The van der Waals surface area contributed by atoms with Crippen LogP contribution in [0.1, 0.15) is 11.1 Å². The lowest BCUT2D eigenvalue weighted by atomic mass is 9.99. The molecule has 0 spiro atoms. The number of benzene rings is 3. The number of nitriles is 1. The highest BCUT2D eigenvalue weighted by molar-refractivity contribution is 9.10. The zero-order valence-electron chi connectivity index (χ0n) is 16.0. The molecule has 0 amide bonds. The fourth-order valence-electron chi connectivity index (χ4n) is 3.20. The van der Waals surface area contributed by atoms with Crippen LogP contribution in [-0.2, 0) is 16.6 Å². The van der Waals surface area contributed by atoms with Gasteiger partial charge in [-0.25, -0.2) is 4.98 Å². The first-order valence-electron chi connectivity index (χ1n) is 9.34. The normalized spacial score (nSPS) is 11.6. The maximum absolute atomic E-state index is 13.3. The molecule has 1 unspecified atom stereocenters. The van der Waals surface area contributed by atoms with Crippen molar-refractivity contribution in [3.05, 3.63) is 107 Å². The highest BCUT2D eigenvalue weighted by atomic mass is 79.9. The lowest BCUT2D eigenvalue weighted by molar-refractivity contribution is 0.679. The van der Waals surface area contributed by atoms with Crippen molar-refractivity contribution >= 4 is 26.7 Å². The van der Waals surface area contributed by atoms with Crippen LogP contribution in [0.15, 0.2) is 100 Å². The van der Waals surface area contributed by atoms with E-state index in [0.29, 0.717) is 22.0 Å². The molecule has 1 heterocycles. The van der Waals surface area contributed by atoms with Crippen LogP contribution in [0.5, 0.6) is 0 Å². The first-order valence-corrected chi connectivity index (χ1v) is 11.5. The summed E-state index contributed by atoms with van der Waals surface area (Å²) in [6, 6.07) is 31.3. The Hall–Kier alpha value is -3.07. The second kappa shape index (κ2) is 9.17. The van der Waals surface area contributed by atoms with Gasteiger partial charge in [-0.05, 0) is 29.3 Å². The first-order chi connectivity index (χ1) is 14.7. The van der Waals surface area contributed by atoms with Gasteiger partial charge in [0.15, 0.2) is 0 Å². The van der Waals surface area contributed by atoms with Crippen molar-refractivity contribution in [3.63, 3.8) is 0 Å². The predicted octanol–water partition coefficient (Wildman–Crippen LogP) is 6.36. The largest absolute Gasteiger partial charge is 0.252 e. The summed E-state index contributed by atoms with van der Waals surface area (Å²) in [6.45, 7) is 0. The van der Waals surface area contributed by atoms with Crippen LogP contribution < -0.4 is 0 Å². The number of rotatable bonds is 5. The lowest BCUT2D eigenvalue weighted by Crippen LogP contribution is -2.05. The average molecular weight is 473 g/mol. The predicted molar refractivity (Wildman–Crippen MR) is 124 cm³/mol. The van der Waals surface area contributed by atoms with Gasteiger partial charge in [-0.15, -0.1) is 0 Å². The van der Waals surface area contributed by atoms with Crippen molar-refractivity contribution in [2.45, 2.75) is 10.8 Å². The molecule has 5 heteroatoms. The molecule has 0 aliphatic carbocycles. The summed E-state index contributed by atoms with van der Waals surface area (Å²) in [6.07, 6.45) is 0. The zero-order chi connectivity index (χ0) is 20.9. The van der Waals surface area contributed by atoms with E-state index in [4.69, 9.17) is 0 Å². The highest BCUT2D eigenvalue weighted by Crippen LogP contribution is 2.32. The van der Waals surface area contributed by atoms with Crippen LogP contribution >= 0.6 is 15.9 Å². The fraction of sp³-hybridized carbons (Fsp3) is 0.0400. The summed E-state index contributed by atoms with van der Waals surface area (Å²) in [5.41, 5.74) is 4.53. The molecule has 0 aliphatic heterocycles. The average Bonchev–Trinajstić information content (AvgIpc) is 2.80. The molecule has 0 N–H and O–H groups in total. The van der Waals surface area contributed by atoms with Crippen molar-refractivity contribution in [2.24, 2.45) is 0 Å². The van der Waals surface area contributed by atoms with E-state index in [1.54, 1.807) is 0 Å². The van der Waals surface area contributed by atoms with Gasteiger partial charge in [0, 0.05) is 15.6 Å². The second-order valence-electron chi connectivity index (χ2n) is 6.70. The number of aromatic nitrogens is 1. The van der Waals surface area contributed by atoms with E-state index < -0.39 is 10.8 Å². The fourth-order valence-corrected chi connectivity index (χ4v) is 4.68. The molecule has 4 aromatic rings. The molecular formula is C25H17BrN2OS. The van der Waals surface area contributed by atoms with Crippen LogP contribution in [0.2, 0.25) is 0 Å². The summed E-state index contributed by atoms with van der Waals surface area (Å²) < 4.78 is 14.3. The molecule has 3 nitrogen and oxygen atoms in total. The Morgan fingerprint density at radius 1 is 0.867 bits per heavy atom. The van der Waals surface area contributed by atoms with E-state index in [1.165, 1.54) is 0 Å². The molecule has 0 saturated heterocycles. The minimum absolute atomic E-state index is 0.306. The lowest BCUT2D eigenvalue weighted by Gasteiger charge is -2.13. The van der Waals surface area contributed by atoms with Crippen LogP contribution in [-0.4, -0.2) is 9.19 Å². The molecule has 0 bridgehead atoms. The van der Waals surface area contributed by atoms with Crippen molar-refractivity contribution < 1.29 is 4.21 Å². The summed E-state index contributed by atoms with van der Waals surface area (Å²) in [5.74, 6) is 0.306. The maximum atomic E-state index is 13.3. The van der Waals surface area contributed by atoms with Gasteiger partial charge in [-0.2, -0.15) is 5.26 Å². The standard InChI is InChI=1S/C25H17BrN2OS/c26-21-13-11-20(12-14-21)24-15-22(19-9-5-2-6-10-19)23(16-27)25(28-24)30(29)17-18-7-3-1-4-8-18/h1-15H,17H2. The Balaban J connectivity index is 1.89. The van der Waals surface area contributed by atoms with Crippen molar-refractivity contribution in [3.8, 4) is 28.5 Å². The van der Waals surface area contributed by atoms with E-state index in [9.17, 15) is 9.47 Å². The molecule has 146 valence electrons. The Morgan fingerprint density at radius 3 is 2.13 bits per heavy atom. The third-order valence-electron chi connectivity index (χ3n) is 4.68. The minimum atomic E-state index is -1.46. The number of pyridine rings is 1. The van der Waals surface area contributed by atoms with Crippen LogP contribution in [0.3, 0.4) is 0 Å². The van der Waals surface area contributed by atoms with Gasteiger partial charge in [0.25, 0.3) is 0 Å². The molecule has 0 saturated carbocycles. The molecule has 30 heavy (non-hydrogen) atoms. The molecule has 4 rings (SSSR count). The Labute approximate surface area is 186 Å². The molecule has 1 aromatic heterocycles. The third kappa shape index (κ3) is 4.40. The summed E-state index contributed by atoms with van der Waals surface area (Å²) in [5, 5.41) is 10.3. The number of nitrogens with zero attached hydrogens (tertiary/aromatic N) is 2. The van der Waals surface area contributed by atoms with E-state index in [-0.39, 0.29) is 0 Å². The summed E-state index contributed by atoms with van der Waals surface area (Å²) >= 11 is 3.45. The van der Waals surface area contributed by atoms with Gasteiger partial charge < -0.3 is 0 Å². The summed E-state index contributed by atoms with van der Waals surface area (Å²) in [7, 11) is -1.46. The van der Waals surface area contributed by atoms with Gasteiger partial charge in [0.05, 0.1) is 27.8 Å². The second-order valence-corrected chi connectivity index (χ2v) is 8.98. The molecule has 3 aromatic carbocycles. The Kier molecular flexibility index (Phi) is 6.18. The van der Waals surface area contributed by atoms with Crippen molar-refractivity contribution in [1.82, 2.24) is 4.98 Å². The summed E-state index contributed by atoms with van der Waals surface area (Å²) in [4.78, 5) is 4.69. The van der Waals surface area contributed by atoms with Crippen molar-refractivity contribution in [1.29, 1.82) is 5.26 Å². The third-order valence-corrected chi connectivity index (χ3v) is 6.53. The Morgan fingerprint density at radius 2 is 1.50 bits per heavy atom. The van der Waals surface area contributed by atoms with E-state index in [0.717, 1.165) is 26.7 Å². The van der Waals surface area contributed by atoms with Crippen LogP contribution in [0.25, 0.3) is 22.4 Å². The van der Waals surface area contributed by atoms with Gasteiger partial charge in [-0.3, -0.25) is 4.21 Å². The molecule has 0 aliphatic rings. The van der Waals surface area contributed by atoms with Crippen LogP contribution in [0, 0.1) is 11.3 Å². The SMILES string of the molecule is N#Cc1c(-c2ccccc2)cc(-c2ccc(Br)cc2)nc1S(=O)Cc1ccccc1. The number of hydrogen-bond acceptors (Lipinski definition) is 3. The minimum Gasteiger partial charge on any atom is -0.252 e. The molecule has 0 radical (unpaired) electrons.